The summed E-state index contributed by atoms with van der Waals surface area (Å²) in [4.78, 5) is 14.1. The first kappa shape index (κ1) is 16.7. The Bertz CT molecular complexity index is 678. The predicted octanol–water partition coefficient (Wildman–Crippen LogP) is 0.676. The van der Waals surface area contributed by atoms with Crippen molar-refractivity contribution in [2.45, 2.75) is 18.2 Å². The van der Waals surface area contributed by atoms with E-state index in [9.17, 15) is 13.2 Å². The summed E-state index contributed by atoms with van der Waals surface area (Å²) in [6.45, 7) is 2.84. The predicted molar refractivity (Wildman–Crippen MR) is 88.6 cm³/mol. The van der Waals surface area contributed by atoms with Crippen LogP contribution in [0.25, 0.3) is 0 Å². The molecule has 3 rings (SSSR count). The standard InChI is InChI=1S/C15H20ClN3O3S/c16-13-4-2-12(3-5-13)11-23(21,22)19-8-1-7-18-9-6-17-15(20)14(18)10-19/h2-5,14H,1,6-11H2,(H,17,20). The maximum Gasteiger partial charge on any atom is 0.238 e. The second kappa shape index (κ2) is 6.76. The van der Waals surface area contributed by atoms with Crippen molar-refractivity contribution in [2.24, 2.45) is 0 Å². The summed E-state index contributed by atoms with van der Waals surface area (Å²) >= 11 is 5.84. The van der Waals surface area contributed by atoms with Crippen LogP contribution < -0.4 is 5.32 Å². The highest BCUT2D eigenvalue weighted by Gasteiger charge is 2.36. The van der Waals surface area contributed by atoms with Gasteiger partial charge in [0.05, 0.1) is 5.75 Å². The number of halogens is 1. The third-order valence-corrected chi connectivity index (χ3v) is 6.40. The molecule has 1 atom stereocenters. The van der Waals surface area contributed by atoms with Gasteiger partial charge in [0.2, 0.25) is 15.9 Å². The molecule has 0 spiro atoms. The topological polar surface area (TPSA) is 69.7 Å². The number of piperazine rings is 1. The van der Waals surface area contributed by atoms with Crippen LogP contribution in [0.15, 0.2) is 24.3 Å². The number of fused-ring (bicyclic) bond motifs is 1. The summed E-state index contributed by atoms with van der Waals surface area (Å²) in [5.41, 5.74) is 0.698. The Morgan fingerprint density at radius 3 is 2.65 bits per heavy atom. The summed E-state index contributed by atoms with van der Waals surface area (Å²) in [5, 5.41) is 3.40. The summed E-state index contributed by atoms with van der Waals surface area (Å²) in [5.74, 6) is -0.150. The Morgan fingerprint density at radius 1 is 1.17 bits per heavy atom. The Hall–Kier alpha value is -1.15. The van der Waals surface area contributed by atoms with E-state index in [-0.39, 0.29) is 24.2 Å². The molecule has 0 radical (unpaired) electrons. The first-order chi connectivity index (χ1) is 11.0. The van der Waals surface area contributed by atoms with Gasteiger partial charge in [0.25, 0.3) is 0 Å². The largest absolute Gasteiger partial charge is 0.353 e. The third kappa shape index (κ3) is 3.85. The van der Waals surface area contributed by atoms with E-state index in [1.807, 2.05) is 0 Å². The molecule has 2 saturated heterocycles. The summed E-state index contributed by atoms with van der Waals surface area (Å²) in [6.07, 6.45) is 0.740. The lowest BCUT2D eigenvalue weighted by Crippen LogP contribution is -2.58. The van der Waals surface area contributed by atoms with Crippen molar-refractivity contribution < 1.29 is 13.2 Å². The summed E-state index contributed by atoms with van der Waals surface area (Å²) in [7, 11) is -3.46. The maximum atomic E-state index is 12.7. The Kier molecular flexibility index (Phi) is 4.91. The molecule has 126 valence electrons. The van der Waals surface area contributed by atoms with Gasteiger partial charge in [0.15, 0.2) is 0 Å². The fourth-order valence-corrected chi connectivity index (χ4v) is 4.80. The van der Waals surface area contributed by atoms with Crippen LogP contribution in [0.2, 0.25) is 5.02 Å². The number of nitrogens with one attached hydrogen (secondary N) is 1. The van der Waals surface area contributed by atoms with Crippen LogP contribution in [-0.2, 0) is 20.6 Å². The van der Waals surface area contributed by atoms with Crippen LogP contribution in [0.1, 0.15) is 12.0 Å². The van der Waals surface area contributed by atoms with Crippen LogP contribution in [0, 0.1) is 0 Å². The molecule has 1 unspecified atom stereocenters. The van der Waals surface area contributed by atoms with Gasteiger partial charge >= 0.3 is 0 Å². The maximum absolute atomic E-state index is 12.7. The van der Waals surface area contributed by atoms with Crippen LogP contribution in [0.4, 0.5) is 0 Å². The Labute approximate surface area is 141 Å². The Morgan fingerprint density at radius 2 is 1.91 bits per heavy atom. The minimum Gasteiger partial charge on any atom is -0.353 e. The van der Waals surface area contributed by atoms with Crippen molar-refractivity contribution in [3.8, 4) is 0 Å². The van der Waals surface area contributed by atoms with Crippen molar-refractivity contribution >= 4 is 27.5 Å². The molecule has 0 aliphatic carbocycles. The summed E-state index contributed by atoms with van der Waals surface area (Å²) < 4.78 is 26.9. The zero-order valence-corrected chi connectivity index (χ0v) is 14.3. The smallest absolute Gasteiger partial charge is 0.238 e. The lowest BCUT2D eigenvalue weighted by atomic mass is 10.2. The van der Waals surface area contributed by atoms with Crippen molar-refractivity contribution in [3.05, 3.63) is 34.9 Å². The van der Waals surface area contributed by atoms with Gasteiger partial charge < -0.3 is 5.32 Å². The van der Waals surface area contributed by atoms with Gasteiger partial charge in [-0.05, 0) is 24.1 Å². The van der Waals surface area contributed by atoms with Gasteiger partial charge in [-0.25, -0.2) is 8.42 Å². The fourth-order valence-electron chi connectivity index (χ4n) is 3.10. The lowest BCUT2D eigenvalue weighted by molar-refractivity contribution is -0.128. The van der Waals surface area contributed by atoms with E-state index in [4.69, 9.17) is 11.6 Å². The average molecular weight is 358 g/mol. The molecule has 1 N–H and O–H groups in total. The number of nitrogens with zero attached hydrogens (tertiary/aromatic N) is 2. The molecule has 23 heavy (non-hydrogen) atoms. The van der Waals surface area contributed by atoms with Gasteiger partial charge in [-0.15, -0.1) is 0 Å². The van der Waals surface area contributed by atoms with Crippen LogP contribution in [-0.4, -0.2) is 62.3 Å². The van der Waals surface area contributed by atoms with E-state index >= 15 is 0 Å². The van der Waals surface area contributed by atoms with Crippen molar-refractivity contribution in [1.29, 1.82) is 0 Å². The molecule has 1 aromatic carbocycles. The van der Waals surface area contributed by atoms with E-state index < -0.39 is 10.0 Å². The van der Waals surface area contributed by atoms with Crippen molar-refractivity contribution in [3.63, 3.8) is 0 Å². The second-order valence-electron chi connectivity index (χ2n) is 5.94. The quantitative estimate of drug-likeness (QED) is 0.863. The number of amides is 1. The van der Waals surface area contributed by atoms with E-state index in [0.29, 0.717) is 23.7 Å². The molecule has 0 bridgehead atoms. The molecule has 2 aliphatic rings. The first-order valence-electron chi connectivity index (χ1n) is 7.70. The number of carbonyl (C=O) groups is 1. The highest BCUT2D eigenvalue weighted by Crippen LogP contribution is 2.19. The zero-order chi connectivity index (χ0) is 16.4. The molecule has 2 fully saturated rings. The third-order valence-electron chi connectivity index (χ3n) is 4.33. The van der Waals surface area contributed by atoms with E-state index in [0.717, 1.165) is 19.5 Å². The average Bonchev–Trinajstić information content (AvgIpc) is 2.73. The van der Waals surface area contributed by atoms with Gasteiger partial charge in [-0.1, -0.05) is 23.7 Å². The second-order valence-corrected chi connectivity index (χ2v) is 8.34. The van der Waals surface area contributed by atoms with Gasteiger partial charge in [-0.3, -0.25) is 9.69 Å². The molecular formula is C15H20ClN3O3S. The molecule has 2 heterocycles. The molecule has 2 aliphatic heterocycles. The number of rotatable bonds is 3. The number of hydrogen-bond donors (Lipinski definition) is 1. The monoisotopic (exact) mass is 357 g/mol. The number of sulfonamides is 1. The van der Waals surface area contributed by atoms with Gasteiger partial charge in [0, 0.05) is 37.7 Å². The lowest BCUT2D eigenvalue weighted by Gasteiger charge is -2.34. The highest BCUT2D eigenvalue weighted by molar-refractivity contribution is 7.88. The van der Waals surface area contributed by atoms with Gasteiger partial charge in [-0.2, -0.15) is 4.31 Å². The van der Waals surface area contributed by atoms with E-state index in [1.54, 1.807) is 24.3 Å². The number of carbonyl (C=O) groups excluding carboxylic acids is 1. The molecule has 1 aromatic rings. The molecule has 1 amide bonds. The fraction of sp³-hybridized carbons (Fsp3) is 0.533. The molecular weight excluding hydrogens is 338 g/mol. The normalized spacial score (nSPS) is 23.9. The zero-order valence-electron chi connectivity index (χ0n) is 12.7. The van der Waals surface area contributed by atoms with Crippen LogP contribution in [0.5, 0.6) is 0 Å². The molecule has 6 nitrogen and oxygen atoms in total. The van der Waals surface area contributed by atoms with Gasteiger partial charge in [0.1, 0.15) is 6.04 Å². The molecule has 0 aromatic heterocycles. The van der Waals surface area contributed by atoms with E-state index in [2.05, 4.69) is 10.2 Å². The summed E-state index contributed by atoms with van der Waals surface area (Å²) in [6, 6.07) is 6.43. The van der Waals surface area contributed by atoms with E-state index in [1.165, 1.54) is 4.31 Å². The van der Waals surface area contributed by atoms with Crippen molar-refractivity contribution in [1.82, 2.24) is 14.5 Å². The highest BCUT2D eigenvalue weighted by atomic mass is 35.5. The molecule has 0 saturated carbocycles. The first-order valence-corrected chi connectivity index (χ1v) is 9.68. The SMILES string of the molecule is O=C1NCCN2CCCN(S(=O)(=O)Cc3ccc(Cl)cc3)CC12. The minimum atomic E-state index is -3.46. The number of benzene rings is 1. The van der Waals surface area contributed by atoms with Crippen LogP contribution in [0.3, 0.4) is 0 Å². The van der Waals surface area contributed by atoms with Crippen molar-refractivity contribution in [2.75, 3.05) is 32.7 Å². The minimum absolute atomic E-state index is 0.0709. The Balaban J connectivity index is 1.76. The van der Waals surface area contributed by atoms with Crippen LogP contribution >= 0.6 is 11.6 Å². The molecule has 8 heteroatoms. The number of hydrogen-bond acceptors (Lipinski definition) is 4.